The maximum Gasteiger partial charge on any atom is 0.185 e. The number of nitrogens with two attached hydrogens (primary N) is 3. The van der Waals surface area contributed by atoms with Crippen LogP contribution in [-0.4, -0.2) is 24.3 Å². The van der Waals surface area contributed by atoms with Crippen molar-refractivity contribution < 1.29 is 4.79 Å². The number of hydrogen-bond acceptors (Lipinski definition) is 3. The maximum atomic E-state index is 12.1. The molecule has 1 aromatic carbocycles. The number of nitrogens with zero attached hydrogens (tertiary/aromatic N) is 1. The first-order chi connectivity index (χ1) is 10.5. The molecule has 6 heteroatoms. The molecule has 0 aliphatic carbocycles. The van der Waals surface area contributed by atoms with Crippen LogP contribution >= 0.6 is 12.4 Å². The summed E-state index contributed by atoms with van der Waals surface area (Å²) in [6.07, 6.45) is 3.83. The maximum absolute atomic E-state index is 12.1. The summed E-state index contributed by atoms with van der Waals surface area (Å²) in [5.41, 5.74) is 17.7. The van der Waals surface area contributed by atoms with Crippen molar-refractivity contribution in [1.82, 2.24) is 0 Å². The minimum Gasteiger partial charge on any atom is -0.370 e. The molecule has 0 aliphatic rings. The van der Waals surface area contributed by atoms with E-state index < -0.39 is 0 Å². The molecule has 6 N–H and O–H groups in total. The molecule has 0 aliphatic heterocycles. The van der Waals surface area contributed by atoms with E-state index in [1.807, 2.05) is 18.2 Å². The van der Waals surface area contributed by atoms with Gasteiger partial charge in [0.2, 0.25) is 0 Å². The van der Waals surface area contributed by atoms with E-state index in [4.69, 9.17) is 17.2 Å². The van der Waals surface area contributed by atoms with Gasteiger partial charge in [0.25, 0.3) is 0 Å². The predicted molar refractivity (Wildman–Crippen MR) is 105 cm³/mol. The van der Waals surface area contributed by atoms with E-state index in [1.165, 1.54) is 5.56 Å². The van der Waals surface area contributed by atoms with Crippen LogP contribution in [0, 0.1) is 5.92 Å². The van der Waals surface area contributed by atoms with Crippen molar-refractivity contribution in [3.05, 3.63) is 35.9 Å². The van der Waals surface area contributed by atoms with Crippen LogP contribution in [0.25, 0.3) is 0 Å². The number of unbranched alkanes of at least 4 members (excludes halogenated alkanes) is 1. The summed E-state index contributed by atoms with van der Waals surface area (Å²) in [5, 5.41) is 0. The first-order valence-corrected chi connectivity index (χ1v) is 7.86. The molecule has 138 valence electrons. The van der Waals surface area contributed by atoms with Crippen LogP contribution in [-0.2, 0) is 11.2 Å². The monoisotopic (exact) mass is 356 g/mol. The van der Waals surface area contributed by atoms with Crippen molar-refractivity contribution in [3.63, 3.8) is 0 Å². The molecule has 1 aromatic rings. The van der Waals surface area contributed by atoms with E-state index in [0.717, 1.165) is 19.3 Å². The Balaban J connectivity index is 0. The first-order valence-electron chi connectivity index (χ1n) is 7.86. The number of carbonyl (C=O) groups is 1. The van der Waals surface area contributed by atoms with Gasteiger partial charge < -0.3 is 17.2 Å². The number of carbonyl (C=O) groups excluding carboxylic acids is 1. The second-order valence-corrected chi connectivity index (χ2v) is 5.87. The van der Waals surface area contributed by atoms with E-state index in [1.54, 1.807) is 0 Å². The van der Waals surface area contributed by atoms with Crippen LogP contribution in [0.2, 0.25) is 0 Å². The zero-order valence-corrected chi connectivity index (χ0v) is 14.6. The quantitative estimate of drug-likeness (QED) is 0.340. The average Bonchev–Trinajstić information content (AvgIpc) is 2.47. The van der Waals surface area contributed by atoms with Gasteiger partial charge in [0.15, 0.2) is 5.96 Å². The zero-order chi connectivity index (χ0) is 16.4. The summed E-state index contributed by atoms with van der Waals surface area (Å²) < 4.78 is 0. The van der Waals surface area contributed by atoms with Gasteiger partial charge in [-0.05, 0) is 37.2 Å². The van der Waals surface area contributed by atoms with Crippen molar-refractivity contribution in [2.24, 2.45) is 28.1 Å². The lowest BCUT2D eigenvalue weighted by molar-refractivity contribution is -0.121. The minimum absolute atomic E-state index is 0. The van der Waals surface area contributed by atoms with E-state index in [-0.39, 0.29) is 37.6 Å². The predicted octanol–water partition coefficient (Wildman–Crippen LogP) is 2.65. The highest BCUT2D eigenvalue weighted by atomic mass is 35.5. The Bertz CT molecular complexity index is 475. The lowest BCUT2D eigenvalue weighted by Crippen LogP contribution is -2.31. The van der Waals surface area contributed by atoms with Crippen LogP contribution < -0.4 is 17.2 Å². The number of Topliss-reactive ketones (excluding diaryl/α,β-unsaturated/α-hetero) is 1. The Morgan fingerprint density at radius 2 is 1.79 bits per heavy atom. The lowest BCUT2D eigenvalue weighted by Gasteiger charge is -2.14. The number of benzene rings is 1. The topological polar surface area (TPSA) is 107 Å². The highest BCUT2D eigenvalue weighted by Crippen LogP contribution is 2.14. The fourth-order valence-electron chi connectivity index (χ4n) is 2.43. The second-order valence-electron chi connectivity index (χ2n) is 5.87. The van der Waals surface area contributed by atoms with Crippen LogP contribution in [0.5, 0.6) is 0 Å². The van der Waals surface area contributed by atoms with Crippen LogP contribution in [0.3, 0.4) is 0 Å². The van der Waals surface area contributed by atoms with Gasteiger partial charge in [0.1, 0.15) is 5.78 Å². The highest BCUT2D eigenvalue weighted by Gasteiger charge is 2.16. The lowest BCUT2D eigenvalue weighted by atomic mass is 9.92. The van der Waals surface area contributed by atoms with E-state index >= 15 is 0 Å². The van der Waals surface area contributed by atoms with E-state index in [0.29, 0.717) is 25.3 Å². The molecule has 0 bridgehead atoms. The van der Waals surface area contributed by atoms with E-state index in [9.17, 15) is 4.79 Å². The van der Waals surface area contributed by atoms with Crippen molar-refractivity contribution in [2.45, 2.75) is 52.5 Å². The molecule has 2 atom stereocenters. The van der Waals surface area contributed by atoms with Gasteiger partial charge in [-0.1, -0.05) is 44.7 Å². The fraction of sp³-hybridized carbons (Fsp3) is 0.556. The van der Waals surface area contributed by atoms with Crippen LogP contribution in [0.15, 0.2) is 35.3 Å². The third kappa shape index (κ3) is 11.0. The molecule has 0 unspecified atom stereocenters. The Morgan fingerprint density at radius 3 is 2.38 bits per heavy atom. The number of guanidine groups is 1. The molecule has 1 rings (SSSR count). The Hall–Kier alpha value is -1.59. The Labute approximate surface area is 152 Å². The molecule has 0 spiro atoms. The molecule has 0 saturated heterocycles. The van der Waals surface area contributed by atoms with Crippen molar-refractivity contribution in [1.29, 1.82) is 0 Å². The summed E-state index contributed by atoms with van der Waals surface area (Å²) in [4.78, 5) is 16.0. The summed E-state index contributed by atoms with van der Waals surface area (Å²) in [5.74, 6) is 0.558. The Kier molecular flexibility index (Phi) is 14.2. The largest absolute Gasteiger partial charge is 0.370 e. The average molecular weight is 357 g/mol. The fourth-order valence-corrected chi connectivity index (χ4v) is 2.43. The molecule has 0 aromatic heterocycles. The van der Waals surface area contributed by atoms with Crippen molar-refractivity contribution in [3.8, 4) is 0 Å². The normalized spacial score (nSPS) is 12.2. The molecule has 0 amide bonds. The summed E-state index contributed by atoms with van der Waals surface area (Å²) in [6.45, 7) is 2.68. The van der Waals surface area contributed by atoms with Crippen LogP contribution in [0.1, 0.15) is 45.6 Å². The summed E-state index contributed by atoms with van der Waals surface area (Å²) in [6, 6.07) is 9.84. The molecular weight excluding hydrogens is 324 g/mol. The highest BCUT2D eigenvalue weighted by molar-refractivity contribution is 5.85. The Morgan fingerprint density at radius 1 is 1.17 bits per heavy atom. The van der Waals surface area contributed by atoms with Gasteiger partial charge in [0, 0.05) is 13.0 Å². The molecule has 24 heavy (non-hydrogen) atoms. The summed E-state index contributed by atoms with van der Waals surface area (Å²) in [7, 11) is 0. The smallest absolute Gasteiger partial charge is 0.185 e. The number of ketones is 1. The number of hydrogen-bond donors (Lipinski definition) is 3. The number of halogens is 1. The first kappa shape index (κ1) is 24.7. The molecule has 0 heterocycles. The second kappa shape index (κ2) is 13.8. The molecule has 5 nitrogen and oxygen atoms in total. The van der Waals surface area contributed by atoms with Crippen molar-refractivity contribution >= 4 is 24.1 Å². The van der Waals surface area contributed by atoms with Gasteiger partial charge in [0.05, 0.1) is 6.04 Å². The third-order valence-electron chi connectivity index (χ3n) is 3.61. The van der Waals surface area contributed by atoms with Gasteiger partial charge in [-0.3, -0.25) is 9.79 Å². The minimum atomic E-state index is -0.377. The molecular formula is C18H33ClN4O. The zero-order valence-electron chi connectivity index (χ0n) is 13.8. The number of rotatable bonds is 10. The van der Waals surface area contributed by atoms with Crippen LogP contribution in [0.4, 0.5) is 0 Å². The van der Waals surface area contributed by atoms with Crippen molar-refractivity contribution in [2.75, 3.05) is 6.54 Å². The standard InChI is InChI=1S/C17H28N4O.CH4.ClH/c1-13(11-14-7-3-2-4-8-14)12-16(22)15(18)9-5-6-10-21-17(19)20;;/h2-4,7-8,13,15H,5-6,9-12,18H2,1H3,(H4,19,20,21);1H4;1H/t13-,15-;;/m0../s1. The van der Waals surface area contributed by atoms with Gasteiger partial charge >= 0.3 is 0 Å². The molecule has 0 fully saturated rings. The third-order valence-corrected chi connectivity index (χ3v) is 3.61. The van der Waals surface area contributed by atoms with Gasteiger partial charge in [-0.25, -0.2) is 0 Å². The van der Waals surface area contributed by atoms with Gasteiger partial charge in [-0.2, -0.15) is 0 Å². The SMILES string of the molecule is C.C[C@H](CC(=O)[C@@H](N)CCCCN=C(N)N)Cc1ccccc1.Cl. The van der Waals surface area contributed by atoms with E-state index in [2.05, 4.69) is 24.0 Å². The summed E-state index contributed by atoms with van der Waals surface area (Å²) >= 11 is 0. The molecule has 0 radical (unpaired) electrons. The number of aliphatic imine (C=N–C) groups is 1. The van der Waals surface area contributed by atoms with Gasteiger partial charge in [-0.15, -0.1) is 12.4 Å². The molecule has 0 saturated carbocycles.